The third-order valence-corrected chi connectivity index (χ3v) is 5.52. The molecule has 3 aromatic carbocycles. The predicted molar refractivity (Wildman–Crippen MR) is 133 cm³/mol. The molecule has 0 fully saturated rings. The van der Waals surface area contributed by atoms with E-state index in [2.05, 4.69) is 0 Å². The van der Waals surface area contributed by atoms with Crippen LogP contribution >= 0.6 is 11.6 Å². The highest BCUT2D eigenvalue weighted by molar-refractivity contribution is 6.52. The van der Waals surface area contributed by atoms with Crippen molar-refractivity contribution in [3.05, 3.63) is 89.1 Å². The van der Waals surface area contributed by atoms with Crippen molar-refractivity contribution in [2.24, 2.45) is 0 Å². The van der Waals surface area contributed by atoms with Crippen LogP contribution in [0, 0.1) is 5.21 Å². The van der Waals surface area contributed by atoms with Crippen LogP contribution in [0.3, 0.4) is 0 Å². The summed E-state index contributed by atoms with van der Waals surface area (Å²) in [6, 6.07) is 21.0. The van der Waals surface area contributed by atoms with Crippen LogP contribution in [0.4, 0.5) is 5.69 Å². The number of ether oxygens (including phenoxy) is 1. The molecule has 4 rings (SSSR count). The second kappa shape index (κ2) is 9.52. The van der Waals surface area contributed by atoms with E-state index in [1.807, 2.05) is 36.4 Å². The van der Waals surface area contributed by atoms with E-state index in [9.17, 15) is 20.0 Å². The number of nitrogens with zero attached hydrogens (tertiary/aromatic N) is 2. The number of hydrogen-bond acceptors (Lipinski definition) is 6. The van der Waals surface area contributed by atoms with Crippen molar-refractivity contribution in [3.8, 4) is 17.0 Å². The van der Waals surface area contributed by atoms with Crippen LogP contribution in [-0.4, -0.2) is 21.7 Å². The lowest BCUT2D eigenvalue weighted by Gasteiger charge is -2.25. The quantitative estimate of drug-likeness (QED) is 0.206. The van der Waals surface area contributed by atoms with E-state index < -0.39 is 5.97 Å². The van der Waals surface area contributed by atoms with E-state index >= 15 is 0 Å². The van der Waals surface area contributed by atoms with E-state index in [0.29, 0.717) is 16.6 Å². The molecule has 4 aromatic rings. The maximum Gasteiger partial charge on any atom is 0.308 e. The largest absolute Gasteiger partial charge is 0.733 e. The molecule has 0 amide bonds. The van der Waals surface area contributed by atoms with Gasteiger partial charge in [-0.3, -0.25) is 19.4 Å². The smallest absolute Gasteiger partial charge is 0.308 e. The van der Waals surface area contributed by atoms with Gasteiger partial charge in [-0.05, 0) is 23.8 Å². The van der Waals surface area contributed by atoms with Crippen LogP contribution in [-0.2, 0) is 4.79 Å². The van der Waals surface area contributed by atoms with Crippen LogP contribution in [0.2, 0.25) is 0 Å². The number of carbonyl (C=O) groups excluding carboxylic acids is 2. The Morgan fingerprint density at radius 3 is 2.21 bits per heavy atom. The van der Waals surface area contributed by atoms with Crippen LogP contribution < -0.4 is 9.96 Å². The van der Waals surface area contributed by atoms with Crippen molar-refractivity contribution in [1.29, 1.82) is 0 Å². The summed E-state index contributed by atoms with van der Waals surface area (Å²) in [5.74, 6) is -0.803. The van der Waals surface area contributed by atoms with Gasteiger partial charge >= 0.3 is 5.97 Å². The number of rotatable bonds is 5. The summed E-state index contributed by atoms with van der Waals surface area (Å²) >= 11 is 6.58. The Bertz CT molecular complexity index is 1410. The van der Waals surface area contributed by atoms with Crippen LogP contribution in [0.15, 0.2) is 72.8 Å². The standard InChI is InChI=1S/C26H20ClN2O5/c1-16(30)28-23-15-24(29(32)33)20(22(27)13-18-9-5-3-6-10-18)14-21(23)26(34-17(2)31)25(28)19-11-7-4-8-12-19/h3-15,32H,1-2H3/q-1. The number of halogens is 1. The first-order chi connectivity index (χ1) is 16.3. The van der Waals surface area contributed by atoms with Crippen molar-refractivity contribution < 1.29 is 19.5 Å². The van der Waals surface area contributed by atoms with E-state index in [-0.39, 0.29) is 38.7 Å². The highest BCUT2D eigenvalue weighted by Crippen LogP contribution is 2.44. The van der Waals surface area contributed by atoms with Crippen LogP contribution in [0.5, 0.6) is 5.75 Å². The lowest BCUT2D eigenvalue weighted by Crippen LogP contribution is -2.11. The maximum atomic E-state index is 12.7. The molecule has 1 N–H and O–H groups in total. The Labute approximate surface area is 200 Å². The van der Waals surface area contributed by atoms with Gasteiger partial charge in [-0.2, -0.15) is 0 Å². The summed E-state index contributed by atoms with van der Waals surface area (Å²) < 4.78 is 6.91. The molecule has 0 aliphatic carbocycles. The molecular weight excluding hydrogens is 456 g/mol. The lowest BCUT2D eigenvalue weighted by atomic mass is 10.1. The van der Waals surface area contributed by atoms with Gasteiger partial charge in [-0.15, -0.1) is 0 Å². The molecule has 0 saturated carbocycles. The number of fused-ring (bicyclic) bond motifs is 1. The fraction of sp³-hybridized carbons (Fsp3) is 0.0769. The maximum absolute atomic E-state index is 12.7. The zero-order valence-electron chi connectivity index (χ0n) is 18.4. The minimum absolute atomic E-state index is 0.149. The first kappa shape index (κ1) is 23.3. The molecule has 1 heterocycles. The molecule has 34 heavy (non-hydrogen) atoms. The second-order valence-corrected chi connectivity index (χ2v) is 7.96. The number of aromatic nitrogens is 1. The molecule has 0 bridgehead atoms. The Hall–Kier alpha value is -3.91. The summed E-state index contributed by atoms with van der Waals surface area (Å²) in [5, 5.41) is 22.2. The van der Waals surface area contributed by atoms with Crippen molar-refractivity contribution in [2.75, 3.05) is 5.23 Å². The molecule has 0 radical (unpaired) electrons. The topological polar surface area (TPSA) is 94.8 Å². The Balaban J connectivity index is 2.09. The molecular formula is C26H20ClN2O5-. The lowest BCUT2D eigenvalue weighted by molar-refractivity contribution is -0.131. The van der Waals surface area contributed by atoms with Gasteiger partial charge in [0.05, 0.1) is 21.9 Å². The predicted octanol–water partition coefficient (Wildman–Crippen LogP) is 6.32. The zero-order chi connectivity index (χ0) is 24.4. The van der Waals surface area contributed by atoms with Gasteiger partial charge in [0.25, 0.3) is 0 Å². The molecule has 8 heteroatoms. The van der Waals surface area contributed by atoms with Crippen molar-refractivity contribution in [1.82, 2.24) is 4.57 Å². The van der Waals surface area contributed by atoms with Crippen molar-refractivity contribution in [3.63, 3.8) is 0 Å². The van der Waals surface area contributed by atoms with E-state index in [1.165, 1.54) is 30.5 Å². The molecule has 0 atom stereocenters. The Morgan fingerprint density at radius 1 is 1.03 bits per heavy atom. The summed E-state index contributed by atoms with van der Waals surface area (Å²) in [7, 11) is 0. The summed E-state index contributed by atoms with van der Waals surface area (Å²) in [4.78, 5) is 24.7. The van der Waals surface area contributed by atoms with Gasteiger partial charge in [0.2, 0.25) is 5.91 Å². The molecule has 7 nitrogen and oxygen atoms in total. The Kier molecular flexibility index (Phi) is 6.51. The Morgan fingerprint density at radius 2 is 1.65 bits per heavy atom. The molecule has 172 valence electrons. The average Bonchev–Trinajstić information content (AvgIpc) is 3.12. The normalized spacial score (nSPS) is 11.5. The number of esters is 1. The van der Waals surface area contributed by atoms with E-state index in [0.717, 1.165) is 5.56 Å². The van der Waals surface area contributed by atoms with E-state index in [1.54, 1.807) is 30.3 Å². The SMILES string of the molecule is CC(=O)Oc1c(-c2ccccc2)n(C(C)=O)c2cc(N([O-])O)c(C(Cl)=Cc3ccccc3)cc12. The molecule has 0 aliphatic rings. The number of hydrogen-bond donors (Lipinski definition) is 1. The molecule has 0 saturated heterocycles. The number of anilines is 1. The third kappa shape index (κ3) is 4.45. The van der Waals surface area contributed by atoms with Gasteiger partial charge in [-0.1, -0.05) is 72.3 Å². The van der Waals surface area contributed by atoms with Gasteiger partial charge in [0, 0.05) is 30.4 Å². The second-order valence-electron chi connectivity index (χ2n) is 7.55. The first-order valence-corrected chi connectivity index (χ1v) is 10.7. The minimum Gasteiger partial charge on any atom is -0.733 e. The third-order valence-electron chi connectivity index (χ3n) is 5.20. The van der Waals surface area contributed by atoms with Gasteiger partial charge < -0.3 is 15.2 Å². The van der Waals surface area contributed by atoms with Crippen molar-refractivity contribution >= 4 is 51.2 Å². The fourth-order valence-electron chi connectivity index (χ4n) is 3.85. The molecule has 0 aliphatic heterocycles. The highest BCUT2D eigenvalue weighted by atomic mass is 35.5. The first-order valence-electron chi connectivity index (χ1n) is 10.3. The van der Waals surface area contributed by atoms with E-state index in [4.69, 9.17) is 16.3 Å². The van der Waals surface area contributed by atoms with Gasteiger partial charge in [0.15, 0.2) is 5.75 Å². The minimum atomic E-state index is -0.580. The van der Waals surface area contributed by atoms with Crippen LogP contribution in [0.25, 0.3) is 33.3 Å². The molecule has 0 unspecified atom stereocenters. The van der Waals surface area contributed by atoms with Crippen molar-refractivity contribution in [2.45, 2.75) is 13.8 Å². The molecule has 0 spiro atoms. The van der Waals surface area contributed by atoms with Crippen LogP contribution in [0.1, 0.15) is 29.8 Å². The summed E-state index contributed by atoms with van der Waals surface area (Å²) in [6.45, 7) is 2.61. The summed E-state index contributed by atoms with van der Waals surface area (Å²) in [6.07, 6.45) is 1.64. The monoisotopic (exact) mass is 475 g/mol. The van der Waals surface area contributed by atoms with Gasteiger partial charge in [0.1, 0.15) is 0 Å². The summed E-state index contributed by atoms with van der Waals surface area (Å²) in [5.41, 5.74) is 2.06. The number of carbonyl (C=O) groups is 2. The molecule has 1 aromatic heterocycles. The zero-order valence-corrected chi connectivity index (χ0v) is 19.1. The number of benzene rings is 3. The average molecular weight is 476 g/mol. The van der Waals surface area contributed by atoms with Gasteiger partial charge in [-0.25, -0.2) is 0 Å². The highest BCUT2D eigenvalue weighted by Gasteiger charge is 2.25. The fourth-order valence-corrected chi connectivity index (χ4v) is 4.12.